The van der Waals surface area contributed by atoms with Gasteiger partial charge in [-0.1, -0.05) is 27.7 Å². The van der Waals surface area contributed by atoms with Gasteiger partial charge < -0.3 is 5.11 Å². The van der Waals surface area contributed by atoms with Crippen LogP contribution in [0.1, 0.15) is 53.9 Å². The second-order valence-corrected chi connectivity index (χ2v) is 8.45. The zero-order valence-corrected chi connectivity index (χ0v) is 13.9. The van der Waals surface area contributed by atoms with E-state index in [2.05, 4.69) is 13.8 Å². The minimum atomic E-state index is -1.08. The fourth-order valence-electron chi connectivity index (χ4n) is 4.95. The lowest BCUT2D eigenvalue weighted by Gasteiger charge is -2.35. The first-order valence-corrected chi connectivity index (χ1v) is 8.08. The minimum absolute atomic E-state index is 0.0930. The van der Waals surface area contributed by atoms with Gasteiger partial charge in [0.15, 0.2) is 17.3 Å². The third kappa shape index (κ3) is 1.46. The molecule has 1 spiro atoms. The molecule has 0 aromatic heterocycles. The van der Waals surface area contributed by atoms with Gasteiger partial charge in [-0.3, -0.25) is 14.4 Å². The van der Waals surface area contributed by atoms with Crippen LogP contribution in [0.15, 0.2) is 11.3 Å². The second-order valence-electron chi connectivity index (χ2n) is 8.45. The van der Waals surface area contributed by atoms with Crippen molar-refractivity contribution in [1.82, 2.24) is 0 Å². The molecule has 120 valence electrons. The summed E-state index contributed by atoms with van der Waals surface area (Å²) in [5.74, 6) is -1.67. The van der Waals surface area contributed by atoms with Crippen LogP contribution in [0, 0.1) is 28.1 Å². The van der Waals surface area contributed by atoms with Crippen molar-refractivity contribution in [1.29, 1.82) is 0 Å². The Morgan fingerprint density at radius 2 is 1.77 bits per heavy atom. The molecule has 0 saturated heterocycles. The predicted molar refractivity (Wildman–Crippen MR) is 81.2 cm³/mol. The Labute approximate surface area is 131 Å². The molecule has 0 aliphatic heterocycles. The highest BCUT2D eigenvalue weighted by atomic mass is 16.3. The van der Waals surface area contributed by atoms with Crippen LogP contribution in [-0.2, 0) is 14.4 Å². The summed E-state index contributed by atoms with van der Waals surface area (Å²) in [5.41, 5.74) is -2.38. The van der Waals surface area contributed by atoms with E-state index in [1.54, 1.807) is 20.8 Å². The van der Waals surface area contributed by atoms with Gasteiger partial charge in [-0.15, -0.1) is 0 Å². The van der Waals surface area contributed by atoms with Crippen molar-refractivity contribution in [2.75, 3.05) is 0 Å². The number of ketones is 3. The van der Waals surface area contributed by atoms with E-state index in [1.165, 1.54) is 0 Å². The molecule has 0 amide bonds. The summed E-state index contributed by atoms with van der Waals surface area (Å²) in [6, 6.07) is 0. The van der Waals surface area contributed by atoms with Crippen molar-refractivity contribution in [2.45, 2.75) is 53.9 Å². The van der Waals surface area contributed by atoms with Gasteiger partial charge in [0, 0.05) is 5.92 Å². The fourth-order valence-corrected chi connectivity index (χ4v) is 4.95. The molecule has 4 heteroatoms. The molecule has 0 aromatic rings. The van der Waals surface area contributed by atoms with Crippen LogP contribution in [0.2, 0.25) is 0 Å². The van der Waals surface area contributed by atoms with E-state index in [0.29, 0.717) is 12.8 Å². The maximum Gasteiger partial charge on any atom is 0.183 e. The van der Waals surface area contributed by atoms with Crippen LogP contribution in [0.3, 0.4) is 0 Å². The van der Waals surface area contributed by atoms with Crippen molar-refractivity contribution < 1.29 is 19.5 Å². The number of carbonyl (C=O) groups excluding carboxylic acids is 3. The first kappa shape index (κ1) is 15.4. The van der Waals surface area contributed by atoms with Crippen molar-refractivity contribution in [3.63, 3.8) is 0 Å². The number of allylic oxidation sites excluding steroid dienone is 2. The minimum Gasteiger partial charge on any atom is -0.510 e. The molecule has 0 radical (unpaired) electrons. The summed E-state index contributed by atoms with van der Waals surface area (Å²) >= 11 is 0. The molecule has 0 heterocycles. The molecule has 3 rings (SSSR count). The molecular weight excluding hydrogens is 280 g/mol. The van der Waals surface area contributed by atoms with E-state index in [4.69, 9.17) is 0 Å². The Bertz CT molecular complexity index is 639. The summed E-state index contributed by atoms with van der Waals surface area (Å²) < 4.78 is 0. The van der Waals surface area contributed by atoms with Gasteiger partial charge in [0.2, 0.25) is 0 Å². The zero-order valence-electron chi connectivity index (χ0n) is 13.9. The van der Waals surface area contributed by atoms with E-state index < -0.39 is 16.6 Å². The zero-order chi connectivity index (χ0) is 16.7. The SMILES string of the molecule is CC(C)C(=O)C1=C(O)[C@]2(C)C[C@H]3C(C)(C)CC[C@@]3(C1=O)C2=O. The van der Waals surface area contributed by atoms with Crippen LogP contribution in [0.25, 0.3) is 0 Å². The average Bonchev–Trinajstić information content (AvgIpc) is 2.80. The monoisotopic (exact) mass is 304 g/mol. The quantitative estimate of drug-likeness (QED) is 0.629. The number of fused-ring (bicyclic) bond motifs is 1. The van der Waals surface area contributed by atoms with Gasteiger partial charge in [-0.2, -0.15) is 0 Å². The third-order valence-corrected chi connectivity index (χ3v) is 6.38. The number of hydrogen-bond donors (Lipinski definition) is 1. The van der Waals surface area contributed by atoms with Crippen LogP contribution in [0.4, 0.5) is 0 Å². The van der Waals surface area contributed by atoms with Crippen molar-refractivity contribution in [2.24, 2.45) is 28.1 Å². The largest absolute Gasteiger partial charge is 0.510 e. The van der Waals surface area contributed by atoms with E-state index >= 15 is 0 Å². The number of carbonyl (C=O) groups is 3. The lowest BCUT2D eigenvalue weighted by Crippen LogP contribution is -2.49. The van der Waals surface area contributed by atoms with Crippen molar-refractivity contribution >= 4 is 17.3 Å². The Kier molecular flexibility index (Phi) is 2.87. The van der Waals surface area contributed by atoms with E-state index in [1.807, 2.05) is 0 Å². The highest BCUT2D eigenvalue weighted by Crippen LogP contribution is 2.69. The lowest BCUT2D eigenvalue weighted by molar-refractivity contribution is -0.144. The molecule has 4 nitrogen and oxygen atoms in total. The van der Waals surface area contributed by atoms with Gasteiger partial charge >= 0.3 is 0 Å². The molecule has 2 bridgehead atoms. The lowest BCUT2D eigenvalue weighted by atomic mass is 9.64. The smallest absolute Gasteiger partial charge is 0.183 e. The van der Waals surface area contributed by atoms with Crippen LogP contribution >= 0.6 is 0 Å². The molecule has 2 saturated carbocycles. The molecule has 3 aliphatic rings. The van der Waals surface area contributed by atoms with Gasteiger partial charge in [0.05, 0.1) is 10.8 Å². The van der Waals surface area contributed by atoms with E-state index in [9.17, 15) is 19.5 Å². The Balaban J connectivity index is 2.25. The maximum atomic E-state index is 13.1. The highest BCUT2D eigenvalue weighted by Gasteiger charge is 2.74. The van der Waals surface area contributed by atoms with Gasteiger partial charge in [0.1, 0.15) is 11.3 Å². The van der Waals surface area contributed by atoms with Crippen LogP contribution < -0.4 is 0 Å². The van der Waals surface area contributed by atoms with Crippen molar-refractivity contribution in [3.05, 3.63) is 11.3 Å². The first-order valence-electron chi connectivity index (χ1n) is 8.08. The van der Waals surface area contributed by atoms with Crippen LogP contribution in [0.5, 0.6) is 0 Å². The average molecular weight is 304 g/mol. The summed E-state index contributed by atoms with van der Waals surface area (Å²) in [6.45, 7) is 9.28. The van der Waals surface area contributed by atoms with Gasteiger partial charge in [-0.05, 0) is 37.5 Å². The molecule has 0 unspecified atom stereocenters. The number of aliphatic hydroxyl groups is 1. The molecule has 1 N–H and O–H groups in total. The standard InChI is InChI=1S/C18H24O4/c1-9(2)12(19)11-13(20)17(5)8-10-16(3,4)6-7-18(10,14(11)21)15(17)22/h9-10,20H,6-8H2,1-5H3/t10-,17-,18+/m0/s1. The summed E-state index contributed by atoms with van der Waals surface area (Å²) in [6.07, 6.45) is 1.76. The molecular formula is C18H24O4. The summed E-state index contributed by atoms with van der Waals surface area (Å²) in [5, 5.41) is 10.6. The summed E-state index contributed by atoms with van der Waals surface area (Å²) in [4.78, 5) is 38.6. The highest BCUT2D eigenvalue weighted by molar-refractivity contribution is 6.32. The molecule has 3 aliphatic carbocycles. The second kappa shape index (κ2) is 4.09. The molecule has 0 aromatic carbocycles. The number of hydrogen-bond acceptors (Lipinski definition) is 4. The van der Waals surface area contributed by atoms with Gasteiger partial charge in [-0.25, -0.2) is 0 Å². The molecule has 22 heavy (non-hydrogen) atoms. The van der Waals surface area contributed by atoms with E-state index in [0.717, 1.165) is 6.42 Å². The Hall–Kier alpha value is -1.45. The van der Waals surface area contributed by atoms with Crippen molar-refractivity contribution in [3.8, 4) is 0 Å². The van der Waals surface area contributed by atoms with Gasteiger partial charge in [0.25, 0.3) is 0 Å². The predicted octanol–water partition coefficient (Wildman–Crippen LogP) is 3.01. The fraction of sp³-hybridized carbons (Fsp3) is 0.722. The molecule has 2 fully saturated rings. The Morgan fingerprint density at radius 1 is 1.18 bits per heavy atom. The number of Topliss-reactive ketones (excluding diaryl/α,β-unsaturated/α-hetero) is 3. The first-order chi connectivity index (χ1) is 10.00. The number of rotatable bonds is 2. The third-order valence-electron chi connectivity index (χ3n) is 6.38. The maximum absolute atomic E-state index is 13.1. The van der Waals surface area contributed by atoms with Crippen LogP contribution in [-0.4, -0.2) is 22.5 Å². The normalized spacial score (nSPS) is 39.6. The van der Waals surface area contributed by atoms with E-state index in [-0.39, 0.29) is 40.1 Å². The topological polar surface area (TPSA) is 71.4 Å². The number of aliphatic hydroxyl groups excluding tert-OH is 1. The Morgan fingerprint density at radius 3 is 2.32 bits per heavy atom. The summed E-state index contributed by atoms with van der Waals surface area (Å²) in [7, 11) is 0. The molecule has 3 atom stereocenters.